The smallest absolute Gasteiger partial charge is 0.254 e. The number of rotatable bonds is 8. The lowest BCUT2D eigenvalue weighted by Crippen LogP contribution is -2.67. The van der Waals surface area contributed by atoms with E-state index < -0.39 is 29.0 Å². The lowest BCUT2D eigenvalue weighted by molar-refractivity contribution is -0.0788. The highest BCUT2D eigenvalue weighted by atomic mass is 127. The second kappa shape index (κ2) is 9.87. The van der Waals surface area contributed by atoms with E-state index >= 15 is 0 Å². The number of aliphatic hydroxyl groups is 1. The second-order valence-corrected chi connectivity index (χ2v) is 9.58. The molecule has 1 fully saturated rings. The number of halogens is 4. The van der Waals surface area contributed by atoms with Gasteiger partial charge in [0.25, 0.3) is 5.91 Å². The van der Waals surface area contributed by atoms with Crippen LogP contribution in [0.4, 0.5) is 13.2 Å². The normalized spacial score (nSPS) is 16.2. The summed E-state index contributed by atoms with van der Waals surface area (Å²) in [6.45, 7) is 5.49. The number of hydrogen-bond donors (Lipinski definition) is 2. The Balaban J connectivity index is 1.74. The third kappa shape index (κ3) is 5.59. The number of β-amino-alcohol motifs (C(OH)–C–C–N with tert-alkyl or cyclic N) is 1. The van der Waals surface area contributed by atoms with Crippen LogP contribution in [0.25, 0.3) is 0 Å². The number of nitrogens with zero attached hydrogens (tertiary/aromatic N) is 1. The van der Waals surface area contributed by atoms with Crippen LogP contribution in [0.3, 0.4) is 0 Å². The van der Waals surface area contributed by atoms with Gasteiger partial charge in [-0.15, -0.1) is 0 Å². The van der Waals surface area contributed by atoms with Gasteiger partial charge in [-0.2, -0.15) is 0 Å². The van der Waals surface area contributed by atoms with Gasteiger partial charge >= 0.3 is 0 Å². The van der Waals surface area contributed by atoms with Gasteiger partial charge in [-0.1, -0.05) is 26.3 Å². The molecule has 1 amide bonds. The third-order valence-corrected chi connectivity index (χ3v) is 6.38. The zero-order valence-corrected chi connectivity index (χ0v) is 19.7. The summed E-state index contributed by atoms with van der Waals surface area (Å²) in [4.78, 5) is 14.4. The fourth-order valence-electron chi connectivity index (χ4n) is 3.61. The Labute approximate surface area is 194 Å². The highest BCUT2D eigenvalue weighted by Crippen LogP contribution is 2.28. The fraction of sp³-hybridized carbons (Fsp3) is 0.435. The Morgan fingerprint density at radius 3 is 2.58 bits per heavy atom. The maximum absolute atomic E-state index is 14.6. The average molecular weight is 546 g/mol. The van der Waals surface area contributed by atoms with Crippen LogP contribution in [0, 0.1) is 26.9 Å². The Kier molecular flexibility index (Phi) is 7.64. The second-order valence-electron chi connectivity index (χ2n) is 8.33. The number of carbonyl (C=O) groups is 1. The first-order chi connectivity index (χ1) is 14.6. The van der Waals surface area contributed by atoms with Crippen LogP contribution in [0.1, 0.15) is 41.8 Å². The van der Waals surface area contributed by atoms with E-state index in [1.807, 2.05) is 22.6 Å². The number of amides is 1. The van der Waals surface area contributed by atoms with E-state index in [0.29, 0.717) is 16.0 Å². The zero-order valence-electron chi connectivity index (χ0n) is 17.5. The van der Waals surface area contributed by atoms with Crippen molar-refractivity contribution in [2.24, 2.45) is 5.92 Å². The van der Waals surface area contributed by atoms with Gasteiger partial charge in [-0.05, 0) is 64.9 Å². The van der Waals surface area contributed by atoms with Gasteiger partial charge in [-0.25, -0.2) is 13.2 Å². The van der Waals surface area contributed by atoms with Gasteiger partial charge in [0.1, 0.15) is 11.4 Å². The Hall–Kier alpha value is -1.65. The molecule has 1 aliphatic rings. The molecule has 0 radical (unpaired) electrons. The fourth-order valence-corrected chi connectivity index (χ4v) is 4.06. The molecular formula is C23H26F3IN2O2. The van der Waals surface area contributed by atoms with E-state index in [4.69, 9.17) is 0 Å². The van der Waals surface area contributed by atoms with E-state index in [0.717, 1.165) is 19.0 Å². The van der Waals surface area contributed by atoms with E-state index in [-0.39, 0.29) is 36.2 Å². The molecule has 0 bridgehead atoms. The molecule has 0 saturated carbocycles. The maximum Gasteiger partial charge on any atom is 0.254 e. The number of hydrogen-bond acceptors (Lipinski definition) is 3. The molecule has 4 nitrogen and oxygen atoms in total. The average Bonchev–Trinajstić information content (AvgIpc) is 2.70. The minimum absolute atomic E-state index is 0.0218. The molecule has 2 N–H and O–H groups in total. The molecule has 3 rings (SSSR count). The summed E-state index contributed by atoms with van der Waals surface area (Å²) in [5.74, 6) is -2.82. The monoisotopic (exact) mass is 546 g/mol. The Morgan fingerprint density at radius 1 is 1.23 bits per heavy atom. The quantitative estimate of drug-likeness (QED) is 0.490. The molecule has 168 valence electrons. The topological polar surface area (TPSA) is 52.6 Å². The van der Waals surface area contributed by atoms with Crippen molar-refractivity contribution in [3.8, 4) is 0 Å². The summed E-state index contributed by atoms with van der Waals surface area (Å²) < 4.78 is 43.5. The molecule has 1 unspecified atom stereocenters. The van der Waals surface area contributed by atoms with E-state index in [1.54, 1.807) is 6.07 Å². The van der Waals surface area contributed by atoms with Gasteiger partial charge in [-0.3, -0.25) is 4.79 Å². The minimum atomic E-state index is -1.16. The van der Waals surface area contributed by atoms with Crippen molar-refractivity contribution in [1.82, 2.24) is 10.2 Å². The summed E-state index contributed by atoms with van der Waals surface area (Å²) in [5.41, 5.74) is -1.08. The van der Waals surface area contributed by atoms with Crippen LogP contribution < -0.4 is 5.32 Å². The van der Waals surface area contributed by atoms with E-state index in [1.165, 1.54) is 23.1 Å². The van der Waals surface area contributed by atoms with Gasteiger partial charge in [0.05, 0.1) is 13.1 Å². The molecule has 1 aliphatic heterocycles. The van der Waals surface area contributed by atoms with Crippen molar-refractivity contribution in [2.45, 2.75) is 32.3 Å². The number of likely N-dealkylation sites (tertiary alicyclic amines) is 1. The van der Waals surface area contributed by atoms with Crippen molar-refractivity contribution in [1.29, 1.82) is 0 Å². The van der Waals surface area contributed by atoms with Crippen LogP contribution in [-0.2, 0) is 6.42 Å². The maximum atomic E-state index is 14.6. The Bertz CT molecular complexity index is 964. The molecule has 1 saturated heterocycles. The van der Waals surface area contributed by atoms with Crippen molar-refractivity contribution in [3.63, 3.8) is 0 Å². The van der Waals surface area contributed by atoms with Crippen LogP contribution in [0.5, 0.6) is 0 Å². The number of benzene rings is 2. The predicted octanol–water partition coefficient (Wildman–Crippen LogP) is 4.12. The molecule has 0 aliphatic carbocycles. The largest absolute Gasteiger partial charge is 0.385 e. The Morgan fingerprint density at radius 2 is 1.94 bits per heavy atom. The molecule has 8 heteroatoms. The van der Waals surface area contributed by atoms with Crippen molar-refractivity contribution < 1.29 is 23.1 Å². The van der Waals surface area contributed by atoms with Crippen LogP contribution in [0.2, 0.25) is 0 Å². The minimum Gasteiger partial charge on any atom is -0.385 e. The van der Waals surface area contributed by atoms with E-state index in [2.05, 4.69) is 19.2 Å². The summed E-state index contributed by atoms with van der Waals surface area (Å²) >= 11 is 1.96. The lowest BCUT2D eigenvalue weighted by atomic mass is 9.91. The van der Waals surface area contributed by atoms with Crippen LogP contribution in [-0.4, -0.2) is 47.7 Å². The van der Waals surface area contributed by atoms with Crippen molar-refractivity contribution in [3.05, 3.63) is 68.0 Å². The SMILES string of the molecule is CCC(C)CNCC1(O)CN(C(=O)c2ccc(F)c(F)c2Cc2ccc(I)cc2F)C1. The predicted molar refractivity (Wildman–Crippen MR) is 121 cm³/mol. The molecule has 0 aromatic heterocycles. The molecule has 2 aromatic rings. The van der Waals surface area contributed by atoms with Crippen LogP contribution in [0.15, 0.2) is 30.3 Å². The first-order valence-corrected chi connectivity index (χ1v) is 11.3. The van der Waals surface area contributed by atoms with Gasteiger partial charge in [0.15, 0.2) is 11.6 Å². The molecule has 1 atom stereocenters. The summed E-state index contributed by atoms with van der Waals surface area (Å²) in [6, 6.07) is 6.59. The summed E-state index contributed by atoms with van der Waals surface area (Å²) in [6.07, 6.45) is 0.776. The first-order valence-electron chi connectivity index (χ1n) is 10.3. The number of nitrogens with one attached hydrogen (secondary N) is 1. The number of carbonyl (C=O) groups excluding carboxylic acids is 1. The standard InChI is InChI=1S/C23H26F3IN2O2/c1-3-14(2)10-28-11-23(31)12-29(13-23)22(30)17-6-7-19(24)21(26)18(17)8-15-4-5-16(27)9-20(15)25/h4-7,9,14,28,31H,3,8,10-13H2,1-2H3. The third-order valence-electron chi connectivity index (χ3n) is 5.71. The van der Waals surface area contributed by atoms with Gasteiger partial charge in [0, 0.05) is 27.7 Å². The molecule has 31 heavy (non-hydrogen) atoms. The van der Waals surface area contributed by atoms with E-state index in [9.17, 15) is 23.1 Å². The van der Waals surface area contributed by atoms with Gasteiger partial charge in [0.2, 0.25) is 0 Å². The lowest BCUT2D eigenvalue weighted by Gasteiger charge is -2.46. The first kappa shape index (κ1) is 24.0. The highest BCUT2D eigenvalue weighted by Gasteiger charge is 2.44. The van der Waals surface area contributed by atoms with Crippen molar-refractivity contribution >= 4 is 28.5 Å². The molecule has 0 spiro atoms. The molecule has 2 aromatic carbocycles. The van der Waals surface area contributed by atoms with Crippen molar-refractivity contribution in [2.75, 3.05) is 26.2 Å². The highest BCUT2D eigenvalue weighted by molar-refractivity contribution is 14.1. The van der Waals surface area contributed by atoms with Gasteiger partial charge < -0.3 is 15.3 Å². The summed E-state index contributed by atoms with van der Waals surface area (Å²) in [7, 11) is 0. The summed E-state index contributed by atoms with van der Waals surface area (Å²) in [5, 5.41) is 13.8. The molecular weight excluding hydrogens is 520 g/mol. The zero-order chi connectivity index (χ0) is 22.8. The molecule has 1 heterocycles. The van der Waals surface area contributed by atoms with Crippen LogP contribution >= 0.6 is 22.6 Å².